The molecule has 3 rings (SSSR count). The number of anilines is 1. The molecule has 0 saturated heterocycles. The van der Waals surface area contributed by atoms with Crippen LogP contribution in [0.25, 0.3) is 22.4 Å². The predicted octanol–water partition coefficient (Wildman–Crippen LogP) is 2.97. The molecule has 106 valence electrons. The van der Waals surface area contributed by atoms with E-state index in [9.17, 15) is 10.4 Å². The number of phenols is 1. The maximum atomic E-state index is 10.1. The van der Waals surface area contributed by atoms with Crippen LogP contribution in [0.4, 0.5) is 5.82 Å². The van der Waals surface area contributed by atoms with Crippen LogP contribution < -0.4 is 5.73 Å². The molecule has 1 aromatic carbocycles. The average Bonchev–Trinajstić information content (AvgIpc) is 2.55. The van der Waals surface area contributed by atoms with Crippen LogP contribution in [-0.2, 0) is 0 Å². The molecular weight excluding hydrogens is 276 g/mol. The largest absolute Gasteiger partial charge is 0.507 e. The highest BCUT2D eigenvalue weighted by atomic mass is 16.3. The van der Waals surface area contributed by atoms with Gasteiger partial charge in [0.05, 0.1) is 5.69 Å². The fourth-order valence-electron chi connectivity index (χ4n) is 2.27. The number of aromatic nitrogens is 2. The predicted molar refractivity (Wildman–Crippen MR) is 83.7 cm³/mol. The number of phenolic OH excluding ortho intramolecular Hbond substituents is 1. The molecule has 22 heavy (non-hydrogen) atoms. The molecule has 5 nitrogen and oxygen atoms in total. The van der Waals surface area contributed by atoms with Crippen molar-refractivity contribution < 1.29 is 5.11 Å². The second-order valence-electron chi connectivity index (χ2n) is 4.68. The van der Waals surface area contributed by atoms with Gasteiger partial charge in [0, 0.05) is 29.1 Å². The number of benzene rings is 1. The smallest absolute Gasteiger partial charge is 0.142 e. The number of rotatable bonds is 2. The van der Waals surface area contributed by atoms with Gasteiger partial charge in [-0.15, -0.1) is 0 Å². The van der Waals surface area contributed by atoms with E-state index in [1.165, 1.54) is 0 Å². The summed E-state index contributed by atoms with van der Waals surface area (Å²) < 4.78 is 0. The lowest BCUT2D eigenvalue weighted by Crippen LogP contribution is -2.00. The standard InChI is InChI=1S/C17H12N4O/c18-10-14-13(12-3-1-2-4-16(12)22)9-15(21-17(14)19)11-5-7-20-8-6-11/h1-9,22H,(H2,19,21). The summed E-state index contributed by atoms with van der Waals surface area (Å²) in [6.07, 6.45) is 3.32. The molecule has 0 aliphatic heterocycles. The lowest BCUT2D eigenvalue weighted by Gasteiger charge is -2.11. The van der Waals surface area contributed by atoms with Crippen molar-refractivity contribution in [2.45, 2.75) is 0 Å². The van der Waals surface area contributed by atoms with Crippen LogP contribution in [0.15, 0.2) is 54.9 Å². The van der Waals surface area contributed by atoms with Gasteiger partial charge in [-0.25, -0.2) is 4.98 Å². The van der Waals surface area contributed by atoms with Crippen molar-refractivity contribution in [3.8, 4) is 34.2 Å². The first-order valence-electron chi connectivity index (χ1n) is 6.60. The van der Waals surface area contributed by atoms with E-state index in [1.807, 2.05) is 12.1 Å². The first kappa shape index (κ1) is 13.6. The van der Waals surface area contributed by atoms with Crippen LogP contribution in [0.2, 0.25) is 0 Å². The fourth-order valence-corrected chi connectivity index (χ4v) is 2.27. The summed E-state index contributed by atoms with van der Waals surface area (Å²) in [6, 6.07) is 14.2. The monoisotopic (exact) mass is 288 g/mol. The van der Waals surface area contributed by atoms with Crippen molar-refractivity contribution in [3.05, 3.63) is 60.4 Å². The van der Waals surface area contributed by atoms with Gasteiger partial charge in [0.1, 0.15) is 23.2 Å². The van der Waals surface area contributed by atoms with E-state index < -0.39 is 0 Å². The summed E-state index contributed by atoms with van der Waals surface area (Å²) in [5.41, 5.74) is 8.73. The number of nitrogens with two attached hydrogens (primary N) is 1. The van der Waals surface area contributed by atoms with Crippen LogP contribution in [-0.4, -0.2) is 15.1 Å². The Labute approximate surface area is 127 Å². The van der Waals surface area contributed by atoms with E-state index in [1.54, 1.807) is 42.7 Å². The highest BCUT2D eigenvalue weighted by molar-refractivity contribution is 5.82. The summed E-state index contributed by atoms with van der Waals surface area (Å²) in [6.45, 7) is 0. The molecule has 0 aliphatic rings. The lowest BCUT2D eigenvalue weighted by atomic mass is 9.98. The highest BCUT2D eigenvalue weighted by Crippen LogP contribution is 2.35. The average molecular weight is 288 g/mol. The highest BCUT2D eigenvalue weighted by Gasteiger charge is 2.15. The number of aromatic hydroxyl groups is 1. The van der Waals surface area contributed by atoms with E-state index >= 15 is 0 Å². The quantitative estimate of drug-likeness (QED) is 0.755. The van der Waals surface area contributed by atoms with Crippen LogP contribution >= 0.6 is 0 Å². The van der Waals surface area contributed by atoms with Gasteiger partial charge < -0.3 is 10.8 Å². The normalized spacial score (nSPS) is 10.1. The summed E-state index contributed by atoms with van der Waals surface area (Å²) in [4.78, 5) is 8.25. The van der Waals surface area contributed by atoms with Gasteiger partial charge in [-0.2, -0.15) is 5.26 Å². The van der Waals surface area contributed by atoms with Crippen LogP contribution in [0.1, 0.15) is 5.56 Å². The molecule has 0 saturated carbocycles. The van der Waals surface area contributed by atoms with Crippen molar-refractivity contribution in [2.24, 2.45) is 0 Å². The molecule has 3 N–H and O–H groups in total. The summed E-state index contributed by atoms with van der Waals surface area (Å²) >= 11 is 0. The van der Waals surface area contributed by atoms with E-state index in [-0.39, 0.29) is 17.1 Å². The molecule has 0 radical (unpaired) electrons. The Morgan fingerprint density at radius 1 is 1.05 bits per heavy atom. The number of nitriles is 1. The zero-order valence-corrected chi connectivity index (χ0v) is 11.6. The molecular formula is C17H12N4O. The first-order chi connectivity index (χ1) is 10.7. The number of pyridine rings is 2. The van der Waals surface area contributed by atoms with Gasteiger partial charge in [0.25, 0.3) is 0 Å². The molecule has 5 heteroatoms. The van der Waals surface area contributed by atoms with Gasteiger partial charge in [0.2, 0.25) is 0 Å². The first-order valence-corrected chi connectivity index (χ1v) is 6.60. The fraction of sp³-hybridized carbons (Fsp3) is 0. The molecule has 2 aromatic heterocycles. The number of para-hydroxylation sites is 1. The van der Waals surface area contributed by atoms with Gasteiger partial charge in [0.15, 0.2) is 0 Å². The van der Waals surface area contributed by atoms with Crippen molar-refractivity contribution in [1.82, 2.24) is 9.97 Å². The number of hydrogen-bond donors (Lipinski definition) is 2. The third-order valence-electron chi connectivity index (χ3n) is 3.33. The summed E-state index contributed by atoms with van der Waals surface area (Å²) in [7, 11) is 0. The SMILES string of the molecule is N#Cc1c(-c2ccccc2O)cc(-c2ccncc2)nc1N. The number of nitrogen functional groups attached to an aromatic ring is 1. The van der Waals surface area contributed by atoms with E-state index in [0.29, 0.717) is 16.8 Å². The van der Waals surface area contributed by atoms with Gasteiger partial charge in [-0.3, -0.25) is 4.98 Å². The van der Waals surface area contributed by atoms with Crippen LogP contribution in [0, 0.1) is 11.3 Å². The molecule has 0 unspecified atom stereocenters. The zero-order chi connectivity index (χ0) is 15.5. The molecule has 0 aliphatic carbocycles. The molecule has 0 fully saturated rings. The molecule has 0 bridgehead atoms. The Morgan fingerprint density at radius 3 is 2.45 bits per heavy atom. The topological polar surface area (TPSA) is 95.8 Å². The summed E-state index contributed by atoms with van der Waals surface area (Å²) in [5.74, 6) is 0.223. The third kappa shape index (κ3) is 2.34. The number of hydrogen-bond acceptors (Lipinski definition) is 5. The molecule has 0 spiro atoms. The van der Waals surface area contributed by atoms with Crippen molar-refractivity contribution in [2.75, 3.05) is 5.73 Å². The Balaban J connectivity index is 2.28. The Hall–Kier alpha value is -3.39. The van der Waals surface area contributed by atoms with Crippen LogP contribution in [0.3, 0.4) is 0 Å². The molecule has 0 amide bonds. The second kappa shape index (κ2) is 5.54. The Kier molecular flexibility index (Phi) is 3.42. The van der Waals surface area contributed by atoms with Crippen molar-refractivity contribution in [1.29, 1.82) is 5.26 Å². The Morgan fingerprint density at radius 2 is 1.77 bits per heavy atom. The minimum Gasteiger partial charge on any atom is -0.507 e. The maximum absolute atomic E-state index is 10.1. The number of nitrogens with zero attached hydrogens (tertiary/aromatic N) is 3. The van der Waals surface area contributed by atoms with Gasteiger partial charge in [-0.05, 0) is 24.3 Å². The van der Waals surface area contributed by atoms with Crippen LogP contribution in [0.5, 0.6) is 5.75 Å². The van der Waals surface area contributed by atoms with Gasteiger partial charge in [-0.1, -0.05) is 18.2 Å². The zero-order valence-electron chi connectivity index (χ0n) is 11.6. The molecule has 0 atom stereocenters. The van der Waals surface area contributed by atoms with Gasteiger partial charge >= 0.3 is 0 Å². The third-order valence-corrected chi connectivity index (χ3v) is 3.33. The van der Waals surface area contributed by atoms with Crippen molar-refractivity contribution >= 4 is 5.82 Å². The van der Waals surface area contributed by atoms with E-state index in [2.05, 4.69) is 16.0 Å². The summed E-state index contributed by atoms with van der Waals surface area (Å²) in [5, 5.41) is 19.4. The Bertz CT molecular complexity index is 870. The minimum absolute atomic E-state index is 0.0882. The van der Waals surface area contributed by atoms with E-state index in [4.69, 9.17) is 5.73 Å². The van der Waals surface area contributed by atoms with E-state index in [0.717, 1.165) is 5.56 Å². The molecule has 2 heterocycles. The minimum atomic E-state index is 0.0882. The second-order valence-corrected chi connectivity index (χ2v) is 4.68. The lowest BCUT2D eigenvalue weighted by molar-refractivity contribution is 0.477. The molecule has 3 aromatic rings. The van der Waals surface area contributed by atoms with Crippen molar-refractivity contribution in [3.63, 3.8) is 0 Å². The maximum Gasteiger partial charge on any atom is 0.142 e.